The van der Waals surface area contributed by atoms with E-state index in [1.54, 1.807) is 0 Å². The van der Waals surface area contributed by atoms with Gasteiger partial charge in [-0.25, -0.2) is 0 Å². The predicted molar refractivity (Wildman–Crippen MR) is 236 cm³/mol. The molecule has 3 nitrogen and oxygen atoms in total. The van der Waals surface area contributed by atoms with Crippen LogP contribution < -0.4 is 4.90 Å². The summed E-state index contributed by atoms with van der Waals surface area (Å²) in [4.78, 5) is 2.34. The van der Waals surface area contributed by atoms with E-state index in [-0.39, 0.29) is 0 Å². The molecule has 0 saturated heterocycles. The zero-order chi connectivity index (χ0) is 37.4. The minimum atomic E-state index is 0.838. The number of furan rings is 2. The summed E-state index contributed by atoms with van der Waals surface area (Å²) >= 11 is 0. The zero-order valence-electron chi connectivity index (χ0n) is 30.7. The molecule has 1 aliphatic carbocycles. The lowest BCUT2D eigenvalue weighted by molar-refractivity contribution is 0.668. The average molecular weight is 720 g/mol. The van der Waals surface area contributed by atoms with Crippen molar-refractivity contribution in [2.45, 2.75) is 6.42 Å². The highest BCUT2D eigenvalue weighted by molar-refractivity contribution is 6.15. The van der Waals surface area contributed by atoms with Crippen LogP contribution in [0.1, 0.15) is 12.0 Å². The molecule has 2 aromatic heterocycles. The second kappa shape index (κ2) is 14.1. The fourth-order valence-electron chi connectivity index (χ4n) is 8.01. The molecule has 0 spiro atoms. The van der Waals surface area contributed by atoms with Gasteiger partial charge >= 0.3 is 0 Å². The minimum Gasteiger partial charge on any atom is -0.456 e. The van der Waals surface area contributed by atoms with Gasteiger partial charge in [-0.15, -0.1) is 0 Å². The summed E-state index contributed by atoms with van der Waals surface area (Å²) in [6.07, 6.45) is 15.7. The highest BCUT2D eigenvalue weighted by Gasteiger charge is 2.23. The maximum Gasteiger partial charge on any atom is 0.159 e. The number of anilines is 3. The first-order valence-corrected chi connectivity index (χ1v) is 19.0. The Bertz CT molecular complexity index is 3070. The van der Waals surface area contributed by atoms with Crippen LogP contribution in [0.15, 0.2) is 221 Å². The molecule has 7 aromatic carbocycles. The Kier molecular flexibility index (Phi) is 8.38. The van der Waals surface area contributed by atoms with Crippen molar-refractivity contribution in [2.24, 2.45) is 0 Å². The van der Waals surface area contributed by atoms with Crippen LogP contribution in [0, 0.1) is 0 Å². The first-order chi connectivity index (χ1) is 27.7. The molecule has 9 aromatic rings. The predicted octanol–water partition coefficient (Wildman–Crippen LogP) is 15.3. The minimum absolute atomic E-state index is 0.838. The Hall–Kier alpha value is -7.36. The summed E-state index contributed by atoms with van der Waals surface area (Å²) in [7, 11) is 0. The maximum absolute atomic E-state index is 6.69. The van der Waals surface area contributed by atoms with E-state index in [9.17, 15) is 0 Å². The van der Waals surface area contributed by atoms with Crippen LogP contribution in [0.25, 0.3) is 71.7 Å². The van der Waals surface area contributed by atoms with E-state index < -0.39 is 0 Å². The van der Waals surface area contributed by atoms with Gasteiger partial charge in [0.15, 0.2) is 5.58 Å². The Labute approximate surface area is 325 Å². The third-order valence-electron chi connectivity index (χ3n) is 10.7. The van der Waals surface area contributed by atoms with Gasteiger partial charge in [-0.2, -0.15) is 0 Å². The number of rotatable bonds is 6. The van der Waals surface area contributed by atoms with E-state index in [1.165, 1.54) is 0 Å². The number of hydrogen-bond acceptors (Lipinski definition) is 3. The molecule has 266 valence electrons. The van der Waals surface area contributed by atoms with Crippen molar-refractivity contribution in [1.29, 1.82) is 0 Å². The van der Waals surface area contributed by atoms with Gasteiger partial charge in [0, 0.05) is 32.8 Å². The lowest BCUT2D eigenvalue weighted by Crippen LogP contribution is -2.11. The number of nitrogens with zero attached hydrogens (tertiary/aromatic N) is 1. The fourth-order valence-corrected chi connectivity index (χ4v) is 8.01. The van der Waals surface area contributed by atoms with Crippen molar-refractivity contribution < 1.29 is 8.83 Å². The molecule has 0 atom stereocenters. The maximum atomic E-state index is 6.69. The Morgan fingerprint density at radius 2 is 1.14 bits per heavy atom. The Balaban J connectivity index is 1.13. The van der Waals surface area contributed by atoms with Crippen LogP contribution in [0.3, 0.4) is 0 Å². The van der Waals surface area contributed by atoms with Crippen molar-refractivity contribution in [1.82, 2.24) is 0 Å². The largest absolute Gasteiger partial charge is 0.456 e. The van der Waals surface area contributed by atoms with Crippen LogP contribution in [-0.2, 0) is 0 Å². The van der Waals surface area contributed by atoms with E-state index in [1.807, 2.05) is 24.3 Å². The van der Waals surface area contributed by atoms with Gasteiger partial charge in [0.1, 0.15) is 16.7 Å². The van der Waals surface area contributed by atoms with Gasteiger partial charge < -0.3 is 13.7 Å². The molecule has 1 aliphatic rings. The lowest BCUT2D eigenvalue weighted by atomic mass is 9.94. The summed E-state index contributed by atoms with van der Waals surface area (Å²) in [6.45, 7) is 4.39. The van der Waals surface area contributed by atoms with E-state index >= 15 is 0 Å². The second-order valence-corrected chi connectivity index (χ2v) is 14.1. The first kappa shape index (κ1) is 33.2. The molecule has 0 radical (unpaired) electrons. The molecule has 56 heavy (non-hydrogen) atoms. The number of benzene rings is 7. The number of hydrogen-bond donors (Lipinski definition) is 0. The van der Waals surface area contributed by atoms with Crippen LogP contribution in [0.5, 0.6) is 0 Å². The summed E-state index contributed by atoms with van der Waals surface area (Å²) < 4.78 is 13.1. The van der Waals surface area contributed by atoms with Crippen molar-refractivity contribution in [3.05, 3.63) is 218 Å². The van der Waals surface area contributed by atoms with Crippen LogP contribution in [-0.4, -0.2) is 0 Å². The van der Waals surface area contributed by atoms with Crippen molar-refractivity contribution in [3.8, 4) is 22.3 Å². The van der Waals surface area contributed by atoms with Gasteiger partial charge in [0.25, 0.3) is 0 Å². The van der Waals surface area contributed by atoms with Gasteiger partial charge in [0.05, 0.1) is 11.4 Å². The average Bonchev–Trinajstić information content (AvgIpc) is 3.83. The molecule has 0 aliphatic heterocycles. The molecule has 10 rings (SSSR count). The highest BCUT2D eigenvalue weighted by atomic mass is 16.3. The van der Waals surface area contributed by atoms with E-state index in [2.05, 4.69) is 187 Å². The molecule has 0 amide bonds. The third kappa shape index (κ3) is 5.87. The normalized spacial score (nSPS) is 14.9. The molecule has 0 bridgehead atoms. The molecule has 3 heteroatoms. The lowest BCUT2D eigenvalue weighted by Gasteiger charge is -2.28. The topological polar surface area (TPSA) is 29.5 Å². The van der Waals surface area contributed by atoms with Crippen molar-refractivity contribution in [3.63, 3.8) is 0 Å². The number of fused-ring (bicyclic) bond motifs is 6. The smallest absolute Gasteiger partial charge is 0.159 e. The highest BCUT2D eigenvalue weighted by Crippen LogP contribution is 2.47. The Morgan fingerprint density at radius 3 is 2.04 bits per heavy atom. The summed E-state index contributed by atoms with van der Waals surface area (Å²) in [5, 5.41) is 4.37. The van der Waals surface area contributed by atoms with Crippen LogP contribution >= 0.6 is 0 Å². The van der Waals surface area contributed by atoms with Crippen molar-refractivity contribution in [2.75, 3.05) is 4.90 Å². The second-order valence-electron chi connectivity index (χ2n) is 14.1. The molecule has 0 N–H and O–H groups in total. The molecular weight excluding hydrogens is 683 g/mol. The van der Waals surface area contributed by atoms with E-state index in [4.69, 9.17) is 8.83 Å². The molecule has 0 fully saturated rings. The third-order valence-corrected chi connectivity index (χ3v) is 10.7. The van der Waals surface area contributed by atoms with Crippen molar-refractivity contribution >= 4 is 66.5 Å². The Morgan fingerprint density at radius 1 is 0.482 bits per heavy atom. The zero-order valence-corrected chi connectivity index (χ0v) is 30.7. The van der Waals surface area contributed by atoms with E-state index in [0.717, 1.165) is 106 Å². The number of allylic oxidation sites excluding steroid dienone is 9. The number of para-hydroxylation sites is 4. The molecule has 0 saturated carbocycles. The molecular formula is C53H37NO2. The standard InChI is InChI=1S/C53H37NO2/c1-36-17-6-4-2-3-5-7-20-41(36)39-19-14-18-38(35-39)37-31-33-40(34-32-37)54(48-27-15-25-45-43-22-9-12-28-49(43)56-53(45)48)47-26-11-8-21-42(47)44-24-16-30-51-52(44)46-23-10-13-29-50(46)55-51/h2,4-35H,1,3H2/b4-2-,7-5-,17-6-,41-20?. The molecule has 0 unspecified atom stereocenters. The van der Waals surface area contributed by atoms with Crippen LogP contribution in [0.2, 0.25) is 0 Å². The summed E-state index contributed by atoms with van der Waals surface area (Å²) in [5.41, 5.74) is 14.1. The quantitative estimate of drug-likeness (QED) is 0.171. The van der Waals surface area contributed by atoms with Gasteiger partial charge in [-0.3, -0.25) is 0 Å². The molecule has 2 heterocycles. The van der Waals surface area contributed by atoms with Gasteiger partial charge in [-0.05, 0) is 88.4 Å². The van der Waals surface area contributed by atoms with Gasteiger partial charge in [0.2, 0.25) is 0 Å². The van der Waals surface area contributed by atoms with Crippen LogP contribution in [0.4, 0.5) is 17.1 Å². The SMILES string of the molecule is C=C1/C=C\C=C/C/C=C\C=C1c1cccc(-c2ccc(N(c3ccccc3-c3cccc4oc5ccccc5c34)c3cccc4c3oc3ccccc34)cc2)c1. The summed E-state index contributed by atoms with van der Waals surface area (Å²) in [5.74, 6) is 0. The fraction of sp³-hybridized carbons (Fsp3) is 0.0189. The summed E-state index contributed by atoms with van der Waals surface area (Å²) in [6, 6.07) is 55.5. The van der Waals surface area contributed by atoms with Gasteiger partial charge in [-0.1, -0.05) is 158 Å². The van der Waals surface area contributed by atoms with E-state index in [0.29, 0.717) is 0 Å². The monoisotopic (exact) mass is 719 g/mol. The first-order valence-electron chi connectivity index (χ1n) is 19.0.